The van der Waals surface area contributed by atoms with Crippen molar-refractivity contribution >= 4 is 43.9 Å². The van der Waals surface area contributed by atoms with Crippen LogP contribution in [0.25, 0.3) is 10.2 Å². The molecular formula is C13H12N4S2. The summed E-state index contributed by atoms with van der Waals surface area (Å²) in [6, 6.07) is 6.28. The predicted molar refractivity (Wildman–Crippen MR) is 79.5 cm³/mol. The Bertz CT molecular complexity index is 742. The number of anilines is 2. The fraction of sp³-hybridized carbons (Fsp3) is 0.308. The zero-order valence-corrected chi connectivity index (χ0v) is 12.0. The first kappa shape index (κ1) is 11.3. The number of benzene rings is 1. The van der Waals surface area contributed by atoms with Crippen molar-refractivity contribution in [3.63, 3.8) is 0 Å². The minimum Gasteiger partial charge on any atom is -0.330 e. The predicted octanol–water partition coefficient (Wildman–Crippen LogP) is 4.08. The maximum atomic E-state index is 4.69. The van der Waals surface area contributed by atoms with Gasteiger partial charge >= 0.3 is 0 Å². The SMILES string of the molecule is Cc1nsc(Nc2ccc3nc(C4CC4)sc3c2)n1. The normalized spacial score (nSPS) is 15.0. The van der Waals surface area contributed by atoms with Crippen molar-refractivity contribution in [1.29, 1.82) is 0 Å². The molecule has 0 amide bonds. The van der Waals surface area contributed by atoms with E-state index in [0.717, 1.165) is 28.1 Å². The largest absolute Gasteiger partial charge is 0.330 e. The fourth-order valence-electron chi connectivity index (χ4n) is 2.00. The molecule has 1 saturated carbocycles. The Morgan fingerprint density at radius 2 is 2.16 bits per heavy atom. The summed E-state index contributed by atoms with van der Waals surface area (Å²) >= 11 is 3.20. The first-order valence-electron chi connectivity index (χ1n) is 6.26. The Morgan fingerprint density at radius 3 is 2.89 bits per heavy atom. The van der Waals surface area contributed by atoms with E-state index in [2.05, 4.69) is 32.9 Å². The average molecular weight is 288 g/mol. The maximum absolute atomic E-state index is 4.69. The van der Waals surface area contributed by atoms with Crippen molar-refractivity contribution in [2.75, 3.05) is 5.32 Å². The van der Waals surface area contributed by atoms with E-state index in [1.807, 2.05) is 18.3 Å². The molecule has 0 spiro atoms. The number of hydrogen-bond acceptors (Lipinski definition) is 6. The quantitative estimate of drug-likeness (QED) is 0.789. The lowest BCUT2D eigenvalue weighted by molar-refractivity contribution is 1.10. The zero-order chi connectivity index (χ0) is 12.8. The lowest BCUT2D eigenvalue weighted by Gasteiger charge is -2.00. The molecule has 4 rings (SSSR count). The zero-order valence-electron chi connectivity index (χ0n) is 10.4. The number of rotatable bonds is 3. The lowest BCUT2D eigenvalue weighted by atomic mass is 10.3. The molecule has 6 heteroatoms. The maximum Gasteiger partial charge on any atom is 0.207 e. The summed E-state index contributed by atoms with van der Waals surface area (Å²) in [4.78, 5) is 9.01. The van der Waals surface area contributed by atoms with Crippen LogP contribution in [0.15, 0.2) is 18.2 Å². The molecule has 4 nitrogen and oxygen atoms in total. The Morgan fingerprint density at radius 1 is 1.26 bits per heavy atom. The lowest BCUT2D eigenvalue weighted by Crippen LogP contribution is -1.88. The van der Waals surface area contributed by atoms with Gasteiger partial charge in [0.15, 0.2) is 0 Å². The summed E-state index contributed by atoms with van der Waals surface area (Å²) in [6.07, 6.45) is 2.60. The molecule has 0 unspecified atom stereocenters. The Labute approximate surface area is 118 Å². The standard InChI is InChI=1S/C13H12N4S2/c1-7-14-13(19-17-7)15-9-4-5-10-11(6-9)18-12(16-10)8-2-3-8/h4-6,8H,2-3H2,1H3,(H,14,15,17). The molecule has 1 fully saturated rings. The summed E-state index contributed by atoms with van der Waals surface area (Å²) in [5.41, 5.74) is 2.15. The van der Waals surface area contributed by atoms with Gasteiger partial charge in [-0.15, -0.1) is 11.3 Å². The molecule has 0 radical (unpaired) electrons. The molecular weight excluding hydrogens is 276 g/mol. The van der Waals surface area contributed by atoms with E-state index >= 15 is 0 Å². The van der Waals surface area contributed by atoms with Crippen molar-refractivity contribution in [2.45, 2.75) is 25.7 Å². The smallest absolute Gasteiger partial charge is 0.207 e. The van der Waals surface area contributed by atoms with Crippen LogP contribution in [-0.4, -0.2) is 14.3 Å². The third-order valence-corrected chi connectivity index (χ3v) is 5.01. The van der Waals surface area contributed by atoms with Crippen molar-refractivity contribution < 1.29 is 0 Å². The molecule has 96 valence electrons. The molecule has 0 saturated heterocycles. The summed E-state index contributed by atoms with van der Waals surface area (Å²) in [6.45, 7) is 1.90. The molecule has 0 atom stereocenters. The van der Waals surface area contributed by atoms with Gasteiger partial charge in [-0.3, -0.25) is 0 Å². The molecule has 1 aliphatic carbocycles. The van der Waals surface area contributed by atoms with Gasteiger partial charge in [0.05, 0.1) is 15.2 Å². The van der Waals surface area contributed by atoms with E-state index in [-0.39, 0.29) is 0 Å². The van der Waals surface area contributed by atoms with Crippen molar-refractivity contribution in [2.24, 2.45) is 0 Å². The monoisotopic (exact) mass is 288 g/mol. The van der Waals surface area contributed by atoms with Gasteiger partial charge < -0.3 is 5.32 Å². The number of aromatic nitrogens is 3. The van der Waals surface area contributed by atoms with E-state index in [0.29, 0.717) is 0 Å². The topological polar surface area (TPSA) is 50.7 Å². The molecule has 2 aromatic heterocycles. The van der Waals surface area contributed by atoms with Gasteiger partial charge in [-0.2, -0.15) is 4.37 Å². The number of nitrogens with zero attached hydrogens (tertiary/aromatic N) is 3. The number of aryl methyl sites for hydroxylation is 1. The van der Waals surface area contributed by atoms with Crippen molar-refractivity contribution in [3.8, 4) is 0 Å². The van der Waals surface area contributed by atoms with Crippen LogP contribution in [0.2, 0.25) is 0 Å². The fourth-order valence-corrected chi connectivity index (χ4v) is 3.77. The average Bonchev–Trinajstić information content (AvgIpc) is 3.04. The molecule has 3 aromatic rings. The van der Waals surface area contributed by atoms with Crippen LogP contribution in [0.5, 0.6) is 0 Å². The van der Waals surface area contributed by atoms with Crippen LogP contribution in [0.3, 0.4) is 0 Å². The van der Waals surface area contributed by atoms with E-state index < -0.39 is 0 Å². The minimum atomic E-state index is 0.722. The molecule has 1 aromatic carbocycles. The highest BCUT2D eigenvalue weighted by Crippen LogP contribution is 2.43. The van der Waals surface area contributed by atoms with E-state index in [1.165, 1.54) is 34.1 Å². The van der Waals surface area contributed by atoms with Crippen molar-refractivity contribution in [3.05, 3.63) is 29.0 Å². The van der Waals surface area contributed by atoms with Gasteiger partial charge in [-0.25, -0.2) is 9.97 Å². The van der Waals surface area contributed by atoms with Crippen LogP contribution >= 0.6 is 22.9 Å². The van der Waals surface area contributed by atoms with Crippen molar-refractivity contribution in [1.82, 2.24) is 14.3 Å². The van der Waals surface area contributed by atoms with Gasteiger partial charge in [-0.05, 0) is 38.0 Å². The Kier molecular flexibility index (Phi) is 2.53. The van der Waals surface area contributed by atoms with E-state index in [1.54, 1.807) is 0 Å². The molecule has 1 aliphatic rings. The van der Waals surface area contributed by atoms with Crippen LogP contribution in [0.4, 0.5) is 10.8 Å². The second-order valence-electron chi connectivity index (χ2n) is 4.78. The third-order valence-electron chi connectivity index (χ3n) is 3.11. The second kappa shape index (κ2) is 4.25. The van der Waals surface area contributed by atoms with E-state index in [9.17, 15) is 0 Å². The molecule has 2 heterocycles. The molecule has 0 bridgehead atoms. The summed E-state index contributed by atoms with van der Waals surface area (Å²) in [7, 11) is 0. The van der Waals surface area contributed by atoms with Gasteiger partial charge in [0.25, 0.3) is 0 Å². The van der Waals surface area contributed by atoms with E-state index in [4.69, 9.17) is 4.98 Å². The molecule has 0 aliphatic heterocycles. The number of fused-ring (bicyclic) bond motifs is 1. The minimum absolute atomic E-state index is 0.722. The summed E-state index contributed by atoms with van der Waals surface area (Å²) < 4.78 is 5.41. The summed E-state index contributed by atoms with van der Waals surface area (Å²) in [5, 5.41) is 5.42. The molecule has 19 heavy (non-hydrogen) atoms. The Hall–Kier alpha value is -1.53. The van der Waals surface area contributed by atoms with Gasteiger partial charge in [0.2, 0.25) is 5.13 Å². The first-order valence-corrected chi connectivity index (χ1v) is 7.85. The highest BCUT2D eigenvalue weighted by Gasteiger charge is 2.26. The van der Waals surface area contributed by atoms with Crippen LogP contribution < -0.4 is 5.32 Å². The summed E-state index contributed by atoms with van der Waals surface area (Å²) in [5.74, 6) is 1.53. The number of nitrogens with one attached hydrogen (secondary N) is 1. The number of thiazole rings is 1. The second-order valence-corrected chi connectivity index (χ2v) is 6.59. The Balaban J connectivity index is 1.66. The first-order chi connectivity index (χ1) is 9.28. The number of hydrogen-bond donors (Lipinski definition) is 1. The van der Waals surface area contributed by atoms with Crippen LogP contribution in [-0.2, 0) is 0 Å². The van der Waals surface area contributed by atoms with Gasteiger partial charge in [0, 0.05) is 23.1 Å². The highest BCUT2D eigenvalue weighted by atomic mass is 32.1. The van der Waals surface area contributed by atoms with Crippen LogP contribution in [0, 0.1) is 6.92 Å². The molecule has 1 N–H and O–H groups in total. The highest BCUT2D eigenvalue weighted by molar-refractivity contribution is 7.18. The van der Waals surface area contributed by atoms with Gasteiger partial charge in [0.1, 0.15) is 5.82 Å². The van der Waals surface area contributed by atoms with Crippen LogP contribution in [0.1, 0.15) is 29.6 Å². The van der Waals surface area contributed by atoms with Gasteiger partial charge in [-0.1, -0.05) is 0 Å². The third kappa shape index (κ3) is 2.21.